The van der Waals surface area contributed by atoms with Gasteiger partial charge in [-0.05, 0) is 42.9 Å². The minimum absolute atomic E-state index is 0. The molecule has 2 aromatic carbocycles. The average Bonchev–Trinajstić information content (AvgIpc) is 2.88. The molecule has 1 N–H and O–H groups in total. The van der Waals surface area contributed by atoms with Crippen LogP contribution in [0.2, 0.25) is 0 Å². The van der Waals surface area contributed by atoms with Crippen LogP contribution in [0.25, 0.3) is 16.8 Å². The molecule has 0 saturated carbocycles. The number of allylic oxidation sites excluding steroid dienone is 4. The first-order valence-electron chi connectivity index (χ1n) is 13.0. The van der Waals surface area contributed by atoms with Gasteiger partial charge in [-0.2, -0.15) is 0 Å². The number of nitrogens with zero attached hydrogens (tertiary/aromatic N) is 1. The van der Waals surface area contributed by atoms with Gasteiger partial charge in [0.25, 0.3) is 5.91 Å². The van der Waals surface area contributed by atoms with E-state index >= 15 is 0 Å². The van der Waals surface area contributed by atoms with Gasteiger partial charge in [-0.15, -0.1) is 0 Å². The number of halogens is 2. The van der Waals surface area contributed by atoms with Crippen LogP contribution in [0, 0.1) is 0 Å². The van der Waals surface area contributed by atoms with Gasteiger partial charge in [-0.25, -0.2) is 4.98 Å². The van der Waals surface area contributed by atoms with Crippen LogP contribution >= 0.6 is 0 Å². The number of Topliss-reactive ketones (excluding diaryl/α,β-unsaturated/α-hetero) is 1. The molecular formula is C33H36Cl2N2O2Ti. The Morgan fingerprint density at radius 2 is 1.48 bits per heavy atom. The van der Waals surface area contributed by atoms with Crippen molar-refractivity contribution in [1.29, 1.82) is 0 Å². The van der Waals surface area contributed by atoms with E-state index in [9.17, 15) is 9.59 Å². The third-order valence-electron chi connectivity index (χ3n) is 6.88. The molecule has 0 spiro atoms. The number of amides is 1. The first-order chi connectivity index (χ1) is 17.6. The number of ketones is 1. The van der Waals surface area contributed by atoms with Gasteiger partial charge >= 0.3 is 21.7 Å². The summed E-state index contributed by atoms with van der Waals surface area (Å²) in [5, 5.41) is 3.29. The van der Waals surface area contributed by atoms with Crippen LogP contribution in [0.15, 0.2) is 78.9 Å². The summed E-state index contributed by atoms with van der Waals surface area (Å²) in [4.78, 5) is 31.9. The second kappa shape index (κ2) is 14.9. The van der Waals surface area contributed by atoms with Crippen molar-refractivity contribution in [3.8, 4) is 11.3 Å². The molecule has 40 heavy (non-hydrogen) atoms. The SMILES string of the molecule is CC(C)c1cccc(C(C)C)c1C(=O)NC(C)(C)c1nc(-c2ccccc2)ccc1C1=CC=CCC1=O.[Cl-].[Cl-].[Ti+2]. The molecule has 0 atom stereocenters. The molecular weight excluding hydrogens is 575 g/mol. The van der Waals surface area contributed by atoms with Crippen molar-refractivity contribution >= 4 is 17.3 Å². The molecule has 3 aromatic rings. The largest absolute Gasteiger partial charge is 2.00 e. The van der Waals surface area contributed by atoms with Gasteiger partial charge in [-0.3, -0.25) is 9.59 Å². The van der Waals surface area contributed by atoms with E-state index in [1.54, 1.807) is 0 Å². The summed E-state index contributed by atoms with van der Waals surface area (Å²) in [6.07, 6.45) is 5.97. The van der Waals surface area contributed by atoms with Crippen LogP contribution in [0.3, 0.4) is 0 Å². The maximum absolute atomic E-state index is 14.0. The molecule has 208 valence electrons. The molecule has 1 aliphatic carbocycles. The molecule has 1 aliphatic rings. The monoisotopic (exact) mass is 610 g/mol. The van der Waals surface area contributed by atoms with E-state index in [0.29, 0.717) is 17.7 Å². The molecule has 4 rings (SSSR count). The van der Waals surface area contributed by atoms with E-state index in [1.165, 1.54) is 0 Å². The summed E-state index contributed by atoms with van der Waals surface area (Å²) in [5.41, 5.74) is 5.76. The Kier molecular flexibility index (Phi) is 13.3. The Balaban J connectivity index is 0.00000267. The molecule has 4 nitrogen and oxygen atoms in total. The van der Waals surface area contributed by atoms with Gasteiger partial charge in [0.15, 0.2) is 5.78 Å². The number of aromatic nitrogens is 1. The number of pyridine rings is 1. The van der Waals surface area contributed by atoms with Crippen molar-refractivity contribution < 1.29 is 56.1 Å². The van der Waals surface area contributed by atoms with Gasteiger partial charge in [0.2, 0.25) is 0 Å². The number of carbonyl (C=O) groups is 2. The molecule has 0 radical (unpaired) electrons. The van der Waals surface area contributed by atoms with Crippen molar-refractivity contribution in [1.82, 2.24) is 10.3 Å². The molecule has 7 heteroatoms. The van der Waals surface area contributed by atoms with Crippen LogP contribution in [0.5, 0.6) is 0 Å². The zero-order chi connectivity index (χ0) is 26.7. The predicted octanol–water partition coefficient (Wildman–Crippen LogP) is 1.58. The van der Waals surface area contributed by atoms with Crippen LogP contribution in [-0.2, 0) is 32.1 Å². The Labute approximate surface area is 265 Å². The number of nitrogens with one attached hydrogen (secondary N) is 1. The minimum atomic E-state index is -0.849. The summed E-state index contributed by atoms with van der Waals surface area (Å²) in [6, 6.07) is 20.0. The zero-order valence-electron chi connectivity index (χ0n) is 23.9. The van der Waals surface area contributed by atoms with E-state index in [-0.39, 0.29) is 70.1 Å². The second-order valence-electron chi connectivity index (χ2n) is 10.8. The molecule has 1 heterocycles. The van der Waals surface area contributed by atoms with Gasteiger partial charge in [0.05, 0.1) is 16.9 Å². The molecule has 0 bridgehead atoms. The van der Waals surface area contributed by atoms with Crippen LogP contribution < -0.4 is 30.1 Å². The van der Waals surface area contributed by atoms with E-state index in [2.05, 4.69) is 33.0 Å². The number of carbonyl (C=O) groups excluding carboxylic acids is 2. The van der Waals surface area contributed by atoms with E-state index in [4.69, 9.17) is 4.98 Å². The molecule has 0 fully saturated rings. The molecule has 0 unspecified atom stereocenters. The molecule has 1 aromatic heterocycles. The van der Waals surface area contributed by atoms with E-state index in [1.807, 2.05) is 92.7 Å². The summed E-state index contributed by atoms with van der Waals surface area (Å²) < 4.78 is 0. The number of benzene rings is 2. The van der Waals surface area contributed by atoms with Crippen molar-refractivity contribution in [2.24, 2.45) is 0 Å². The summed E-state index contributed by atoms with van der Waals surface area (Å²) in [6.45, 7) is 12.4. The molecule has 1 amide bonds. The normalized spacial score (nSPS) is 12.7. The Bertz CT molecular complexity index is 1370. The quantitative estimate of drug-likeness (QED) is 0.413. The number of hydrogen-bond donors (Lipinski definition) is 1. The van der Waals surface area contributed by atoms with Crippen LogP contribution in [0.4, 0.5) is 0 Å². The second-order valence-corrected chi connectivity index (χ2v) is 10.8. The van der Waals surface area contributed by atoms with Gasteiger partial charge in [0, 0.05) is 28.7 Å². The Hall–Kier alpha value is -2.50. The summed E-state index contributed by atoms with van der Waals surface area (Å²) in [7, 11) is 0. The third kappa shape index (κ3) is 7.61. The first-order valence-corrected chi connectivity index (χ1v) is 13.0. The Morgan fingerprint density at radius 3 is 2.02 bits per heavy atom. The minimum Gasteiger partial charge on any atom is -1.00 e. The van der Waals surface area contributed by atoms with Crippen LogP contribution in [0.1, 0.15) is 92.5 Å². The fourth-order valence-electron chi connectivity index (χ4n) is 4.92. The van der Waals surface area contributed by atoms with Crippen molar-refractivity contribution in [2.45, 2.75) is 65.3 Å². The van der Waals surface area contributed by atoms with Crippen molar-refractivity contribution in [2.75, 3.05) is 0 Å². The van der Waals surface area contributed by atoms with Crippen LogP contribution in [-0.4, -0.2) is 16.7 Å². The van der Waals surface area contributed by atoms with Crippen molar-refractivity contribution in [3.05, 3.63) is 107 Å². The third-order valence-corrected chi connectivity index (χ3v) is 6.88. The molecule has 0 saturated heterocycles. The smallest absolute Gasteiger partial charge is 1.00 e. The van der Waals surface area contributed by atoms with E-state index < -0.39 is 5.54 Å². The van der Waals surface area contributed by atoms with Gasteiger partial charge < -0.3 is 30.1 Å². The standard InChI is InChI=1S/C33H36N2O2.2ClH.Ti/c1-21(2)24-16-12-17-25(22(3)4)30(24)32(37)35-33(5,6)31-27(26-15-10-11-18-29(26)36)19-20-28(34-31)23-13-8-7-9-14-23;;;/h7-17,19-22H,18H2,1-6H3,(H,35,37);2*1H;/q;;;+2/p-2. The Morgan fingerprint density at radius 1 is 0.875 bits per heavy atom. The first kappa shape index (κ1) is 35.5. The molecule has 0 aliphatic heterocycles. The summed E-state index contributed by atoms with van der Waals surface area (Å²) in [5.74, 6) is 0.330. The zero-order valence-corrected chi connectivity index (χ0v) is 27.0. The topological polar surface area (TPSA) is 59.1 Å². The maximum atomic E-state index is 14.0. The van der Waals surface area contributed by atoms with Gasteiger partial charge in [-0.1, -0.05) is 101 Å². The average molecular weight is 611 g/mol. The summed E-state index contributed by atoms with van der Waals surface area (Å²) >= 11 is 0. The predicted molar refractivity (Wildman–Crippen MR) is 152 cm³/mol. The fourth-order valence-corrected chi connectivity index (χ4v) is 4.92. The van der Waals surface area contributed by atoms with E-state index in [0.717, 1.165) is 33.5 Å². The number of rotatable bonds is 7. The van der Waals surface area contributed by atoms with Crippen molar-refractivity contribution in [3.63, 3.8) is 0 Å². The fraction of sp³-hybridized carbons (Fsp3) is 0.303. The van der Waals surface area contributed by atoms with Gasteiger partial charge in [0.1, 0.15) is 0 Å². The number of hydrogen-bond acceptors (Lipinski definition) is 3. The maximum Gasteiger partial charge on any atom is 2.00 e.